The number of carbonyl (C=O) groups is 1. The van der Waals surface area contributed by atoms with E-state index in [1.54, 1.807) is 19.9 Å². The molecule has 2 aromatic rings. The molecule has 2 aromatic heterocycles. The van der Waals surface area contributed by atoms with Gasteiger partial charge < -0.3 is 5.73 Å². The average molecular weight is 267 g/mol. The first kappa shape index (κ1) is 12.3. The second-order valence-corrected chi connectivity index (χ2v) is 4.11. The molecule has 1 amide bonds. The quantitative estimate of drug-likeness (QED) is 0.710. The van der Waals surface area contributed by atoms with Crippen LogP contribution in [0.2, 0.25) is 5.15 Å². The first-order valence-electron chi connectivity index (χ1n) is 5.10. The highest BCUT2D eigenvalue weighted by Gasteiger charge is 2.16. The van der Waals surface area contributed by atoms with E-state index in [0.29, 0.717) is 17.1 Å². The van der Waals surface area contributed by atoms with Gasteiger partial charge >= 0.3 is 0 Å². The van der Waals surface area contributed by atoms with Gasteiger partial charge in [-0.1, -0.05) is 11.6 Å². The number of nitrogens with one attached hydrogen (secondary N) is 2. The molecule has 94 valence electrons. The Kier molecular flexibility index (Phi) is 3.15. The number of halogens is 1. The monoisotopic (exact) mass is 266 g/mol. The molecule has 0 aliphatic rings. The Labute approximate surface area is 108 Å². The van der Waals surface area contributed by atoms with Crippen LogP contribution in [0.3, 0.4) is 0 Å². The minimum absolute atomic E-state index is 0.105. The van der Waals surface area contributed by atoms with Gasteiger partial charge in [0.15, 0.2) is 5.69 Å². The van der Waals surface area contributed by atoms with Crippen LogP contribution in [-0.2, 0) is 0 Å². The van der Waals surface area contributed by atoms with Crippen molar-refractivity contribution >= 4 is 29.1 Å². The minimum atomic E-state index is -0.487. The molecular weight excluding hydrogens is 256 g/mol. The Morgan fingerprint density at radius 3 is 2.72 bits per heavy atom. The van der Waals surface area contributed by atoms with E-state index in [1.807, 2.05) is 0 Å². The van der Waals surface area contributed by atoms with Crippen LogP contribution in [0, 0.1) is 13.8 Å². The molecular formula is C10H11ClN6O. The molecule has 0 saturated heterocycles. The van der Waals surface area contributed by atoms with Gasteiger partial charge in [0.1, 0.15) is 5.15 Å². The van der Waals surface area contributed by atoms with E-state index in [-0.39, 0.29) is 16.8 Å². The van der Waals surface area contributed by atoms with Crippen molar-refractivity contribution in [1.82, 2.24) is 20.2 Å². The van der Waals surface area contributed by atoms with Crippen LogP contribution in [0.15, 0.2) is 6.07 Å². The number of aryl methyl sites for hydroxylation is 2. The Bertz CT molecular complexity index is 588. The van der Waals surface area contributed by atoms with E-state index in [1.165, 1.54) is 0 Å². The Morgan fingerprint density at radius 2 is 2.17 bits per heavy atom. The van der Waals surface area contributed by atoms with Crippen LogP contribution in [0.5, 0.6) is 0 Å². The van der Waals surface area contributed by atoms with Crippen LogP contribution >= 0.6 is 11.6 Å². The number of nitrogen functional groups attached to an aromatic ring is 1. The summed E-state index contributed by atoms with van der Waals surface area (Å²) < 4.78 is 0. The molecule has 0 spiro atoms. The summed E-state index contributed by atoms with van der Waals surface area (Å²) in [4.78, 5) is 19.8. The zero-order valence-electron chi connectivity index (χ0n) is 9.78. The standard InChI is InChI=1S/C10H11ClN6O/c1-4-3-6(11)14-10(13-4)15-9(18)8-7(12)5(2)16-17-8/h3H,12H2,1-2H3,(H,16,17)(H,13,14,15,18). The second kappa shape index (κ2) is 4.61. The molecule has 2 rings (SSSR count). The number of carbonyl (C=O) groups excluding carboxylic acids is 1. The molecule has 0 bridgehead atoms. The number of H-pyrrole nitrogens is 1. The van der Waals surface area contributed by atoms with Gasteiger partial charge in [-0.2, -0.15) is 5.10 Å². The minimum Gasteiger partial charge on any atom is -0.395 e. The van der Waals surface area contributed by atoms with Crippen molar-refractivity contribution in [2.75, 3.05) is 11.1 Å². The lowest BCUT2D eigenvalue weighted by Crippen LogP contribution is -2.16. The molecule has 2 heterocycles. The third kappa shape index (κ3) is 2.40. The lowest BCUT2D eigenvalue weighted by atomic mass is 10.3. The molecule has 0 aliphatic carbocycles. The second-order valence-electron chi connectivity index (χ2n) is 3.72. The third-order valence-corrected chi connectivity index (χ3v) is 2.45. The van der Waals surface area contributed by atoms with Crippen molar-refractivity contribution in [3.63, 3.8) is 0 Å². The molecule has 7 nitrogen and oxygen atoms in total. The average Bonchev–Trinajstić information content (AvgIpc) is 2.58. The highest BCUT2D eigenvalue weighted by Crippen LogP contribution is 2.15. The van der Waals surface area contributed by atoms with Crippen molar-refractivity contribution in [1.29, 1.82) is 0 Å². The number of aromatic amines is 1. The van der Waals surface area contributed by atoms with Crippen LogP contribution in [0.1, 0.15) is 21.9 Å². The van der Waals surface area contributed by atoms with Crippen molar-refractivity contribution < 1.29 is 4.79 Å². The van der Waals surface area contributed by atoms with Crippen LogP contribution in [0.4, 0.5) is 11.6 Å². The summed E-state index contributed by atoms with van der Waals surface area (Å²) >= 11 is 5.77. The fraction of sp³-hybridized carbons (Fsp3) is 0.200. The molecule has 4 N–H and O–H groups in total. The van der Waals surface area contributed by atoms with Gasteiger partial charge in [0.25, 0.3) is 5.91 Å². The maximum atomic E-state index is 11.9. The molecule has 0 fully saturated rings. The Hall–Kier alpha value is -2.15. The fourth-order valence-corrected chi connectivity index (χ4v) is 1.60. The summed E-state index contributed by atoms with van der Waals surface area (Å²) in [5.41, 5.74) is 7.38. The van der Waals surface area contributed by atoms with E-state index in [4.69, 9.17) is 17.3 Å². The Balaban J connectivity index is 2.24. The fourth-order valence-electron chi connectivity index (χ4n) is 1.36. The number of nitrogens with zero attached hydrogens (tertiary/aromatic N) is 3. The lowest BCUT2D eigenvalue weighted by Gasteiger charge is -2.03. The molecule has 0 saturated carbocycles. The Morgan fingerprint density at radius 1 is 1.44 bits per heavy atom. The number of nitrogens with two attached hydrogens (primary N) is 1. The summed E-state index contributed by atoms with van der Waals surface area (Å²) in [6.45, 7) is 3.47. The number of hydrogen-bond donors (Lipinski definition) is 3. The summed E-state index contributed by atoms with van der Waals surface area (Å²) in [5.74, 6) is -0.372. The van der Waals surface area contributed by atoms with Gasteiger partial charge in [0, 0.05) is 5.69 Å². The predicted octanol–water partition coefficient (Wildman–Crippen LogP) is 1.30. The highest BCUT2D eigenvalue weighted by molar-refractivity contribution is 6.29. The normalized spacial score (nSPS) is 10.4. The number of anilines is 2. The highest BCUT2D eigenvalue weighted by atomic mass is 35.5. The van der Waals surface area contributed by atoms with Crippen LogP contribution < -0.4 is 11.1 Å². The first-order chi connectivity index (χ1) is 8.47. The molecule has 0 radical (unpaired) electrons. The van der Waals surface area contributed by atoms with Gasteiger partial charge in [-0.05, 0) is 19.9 Å². The van der Waals surface area contributed by atoms with Gasteiger partial charge in [-0.3, -0.25) is 15.2 Å². The van der Waals surface area contributed by atoms with Crippen molar-refractivity contribution in [3.8, 4) is 0 Å². The van der Waals surface area contributed by atoms with Gasteiger partial charge in [-0.25, -0.2) is 9.97 Å². The first-order valence-corrected chi connectivity index (χ1v) is 5.48. The third-order valence-electron chi connectivity index (χ3n) is 2.26. The van der Waals surface area contributed by atoms with E-state index in [2.05, 4.69) is 25.5 Å². The van der Waals surface area contributed by atoms with Crippen molar-refractivity contribution in [2.45, 2.75) is 13.8 Å². The number of amides is 1. The topological polar surface area (TPSA) is 110 Å². The molecule has 0 aliphatic heterocycles. The smallest absolute Gasteiger partial charge is 0.280 e. The van der Waals surface area contributed by atoms with Crippen LogP contribution in [-0.4, -0.2) is 26.1 Å². The van der Waals surface area contributed by atoms with E-state index in [9.17, 15) is 4.79 Å². The van der Waals surface area contributed by atoms with Gasteiger partial charge in [-0.15, -0.1) is 0 Å². The molecule has 0 aromatic carbocycles. The zero-order chi connectivity index (χ0) is 13.3. The molecule has 8 heteroatoms. The maximum Gasteiger partial charge on any atom is 0.280 e. The van der Waals surface area contributed by atoms with Gasteiger partial charge in [0.2, 0.25) is 5.95 Å². The summed E-state index contributed by atoms with van der Waals surface area (Å²) in [6.07, 6.45) is 0. The van der Waals surface area contributed by atoms with Crippen molar-refractivity contribution in [3.05, 3.63) is 28.3 Å². The zero-order valence-corrected chi connectivity index (χ0v) is 10.5. The molecule has 0 unspecified atom stereocenters. The summed E-state index contributed by atoms with van der Waals surface area (Å²) in [6, 6.07) is 1.59. The lowest BCUT2D eigenvalue weighted by molar-refractivity contribution is 0.102. The van der Waals surface area contributed by atoms with Crippen molar-refractivity contribution in [2.24, 2.45) is 0 Å². The van der Waals surface area contributed by atoms with E-state index in [0.717, 1.165) is 0 Å². The summed E-state index contributed by atoms with van der Waals surface area (Å²) in [7, 11) is 0. The predicted molar refractivity (Wildman–Crippen MR) is 67.5 cm³/mol. The van der Waals surface area contributed by atoms with E-state index >= 15 is 0 Å². The number of hydrogen-bond acceptors (Lipinski definition) is 5. The largest absolute Gasteiger partial charge is 0.395 e. The molecule has 18 heavy (non-hydrogen) atoms. The molecule has 0 atom stereocenters. The SMILES string of the molecule is Cc1cc(Cl)nc(NC(=O)c2n[nH]c(C)c2N)n1. The van der Waals surface area contributed by atoms with E-state index < -0.39 is 5.91 Å². The van der Waals surface area contributed by atoms with Crippen LogP contribution in [0.25, 0.3) is 0 Å². The summed E-state index contributed by atoms with van der Waals surface area (Å²) in [5, 5.41) is 9.17. The number of aromatic nitrogens is 4. The number of rotatable bonds is 2. The van der Waals surface area contributed by atoms with Gasteiger partial charge in [0.05, 0.1) is 11.4 Å². The maximum absolute atomic E-state index is 11.9.